The summed E-state index contributed by atoms with van der Waals surface area (Å²) < 4.78 is 14.6. The van der Waals surface area contributed by atoms with Crippen LogP contribution < -0.4 is 5.32 Å². The zero-order valence-corrected chi connectivity index (χ0v) is 13.4. The average molecular weight is 338 g/mol. The minimum absolute atomic E-state index is 0.231. The number of amides is 1. The number of carbonyl (C=O) groups excluding carboxylic acids is 2. The number of halogens is 1. The highest BCUT2D eigenvalue weighted by Gasteiger charge is 2.19. The smallest absolute Gasteiger partial charge is 0.292 e. The highest BCUT2D eigenvalue weighted by atomic mass is 19.1. The van der Waals surface area contributed by atoms with Crippen molar-refractivity contribution in [3.05, 3.63) is 78.1 Å². The quantitative estimate of drug-likeness (QED) is 0.573. The standard InChI is InChI=1S/C18H15FN4O2/c1-12(22-18(25)17(24)13-3-2-8-20-9-13)14-10-21-23(11-14)16-6-4-15(19)5-7-16/h2-12H,1H3,(H,22,25). The fourth-order valence-electron chi connectivity index (χ4n) is 2.27. The Bertz CT molecular complexity index is 891. The van der Waals surface area contributed by atoms with Gasteiger partial charge in [-0.15, -0.1) is 0 Å². The SMILES string of the molecule is CC(NC(=O)C(=O)c1cccnc1)c1cnn(-c2ccc(F)cc2)c1. The van der Waals surface area contributed by atoms with E-state index in [1.165, 1.54) is 30.6 Å². The molecule has 0 radical (unpaired) electrons. The molecule has 3 rings (SSSR count). The fourth-order valence-corrected chi connectivity index (χ4v) is 2.27. The third-order valence-corrected chi connectivity index (χ3v) is 3.67. The van der Waals surface area contributed by atoms with Gasteiger partial charge in [0.15, 0.2) is 0 Å². The van der Waals surface area contributed by atoms with E-state index in [0.717, 1.165) is 5.56 Å². The lowest BCUT2D eigenvalue weighted by molar-refractivity contribution is -0.117. The Hall–Kier alpha value is -3.35. The molecule has 0 saturated carbocycles. The molecule has 1 unspecified atom stereocenters. The maximum absolute atomic E-state index is 13.0. The van der Waals surface area contributed by atoms with Crippen molar-refractivity contribution in [2.75, 3.05) is 0 Å². The van der Waals surface area contributed by atoms with Crippen molar-refractivity contribution < 1.29 is 14.0 Å². The van der Waals surface area contributed by atoms with Gasteiger partial charge in [-0.05, 0) is 43.3 Å². The van der Waals surface area contributed by atoms with Gasteiger partial charge >= 0.3 is 0 Å². The summed E-state index contributed by atoms with van der Waals surface area (Å²) in [6.45, 7) is 1.75. The predicted octanol–water partition coefficient (Wildman–Crippen LogP) is 2.47. The van der Waals surface area contributed by atoms with Crippen LogP contribution in [0.25, 0.3) is 5.69 Å². The van der Waals surface area contributed by atoms with Crippen LogP contribution in [-0.4, -0.2) is 26.5 Å². The summed E-state index contributed by atoms with van der Waals surface area (Å²) in [6.07, 6.45) is 6.18. The highest BCUT2D eigenvalue weighted by Crippen LogP contribution is 2.15. The van der Waals surface area contributed by atoms with E-state index in [1.807, 2.05) is 0 Å². The number of rotatable bonds is 5. The van der Waals surface area contributed by atoms with Gasteiger partial charge in [-0.2, -0.15) is 5.10 Å². The number of carbonyl (C=O) groups is 2. The van der Waals surface area contributed by atoms with Gasteiger partial charge in [0.2, 0.25) is 0 Å². The first-order valence-corrected chi connectivity index (χ1v) is 7.60. The second kappa shape index (κ2) is 7.04. The minimum Gasteiger partial charge on any atom is -0.343 e. The van der Waals surface area contributed by atoms with Gasteiger partial charge in [0, 0.05) is 29.7 Å². The zero-order chi connectivity index (χ0) is 17.8. The lowest BCUT2D eigenvalue weighted by atomic mass is 10.1. The maximum Gasteiger partial charge on any atom is 0.292 e. The van der Waals surface area contributed by atoms with Crippen LogP contribution in [0.5, 0.6) is 0 Å². The first-order chi connectivity index (χ1) is 12.0. The van der Waals surface area contributed by atoms with Gasteiger partial charge < -0.3 is 5.32 Å². The number of hydrogen-bond donors (Lipinski definition) is 1. The number of nitrogens with one attached hydrogen (secondary N) is 1. The van der Waals surface area contributed by atoms with E-state index in [2.05, 4.69) is 15.4 Å². The lowest BCUT2D eigenvalue weighted by Gasteiger charge is -2.11. The van der Waals surface area contributed by atoms with Crippen LogP contribution in [0.3, 0.4) is 0 Å². The van der Waals surface area contributed by atoms with Gasteiger partial charge in [0.1, 0.15) is 5.82 Å². The van der Waals surface area contributed by atoms with E-state index in [0.29, 0.717) is 5.69 Å². The topological polar surface area (TPSA) is 76.9 Å². The number of benzene rings is 1. The summed E-state index contributed by atoms with van der Waals surface area (Å²) in [6, 6.07) is 8.59. The van der Waals surface area contributed by atoms with Crippen LogP contribution in [0, 0.1) is 5.82 Å². The number of hydrogen-bond acceptors (Lipinski definition) is 4. The van der Waals surface area contributed by atoms with E-state index in [-0.39, 0.29) is 11.4 Å². The van der Waals surface area contributed by atoms with E-state index in [4.69, 9.17) is 0 Å². The minimum atomic E-state index is -0.713. The Morgan fingerprint density at radius 3 is 2.60 bits per heavy atom. The molecule has 3 aromatic rings. The molecule has 25 heavy (non-hydrogen) atoms. The number of ketones is 1. The first-order valence-electron chi connectivity index (χ1n) is 7.60. The van der Waals surface area contributed by atoms with Gasteiger partial charge in [0.25, 0.3) is 11.7 Å². The Morgan fingerprint density at radius 2 is 1.92 bits per heavy atom. The molecule has 7 heteroatoms. The largest absolute Gasteiger partial charge is 0.343 e. The number of nitrogens with zero attached hydrogens (tertiary/aromatic N) is 3. The molecule has 0 fully saturated rings. The predicted molar refractivity (Wildman–Crippen MR) is 88.6 cm³/mol. The summed E-state index contributed by atoms with van der Waals surface area (Å²) in [7, 11) is 0. The summed E-state index contributed by atoms with van der Waals surface area (Å²) >= 11 is 0. The van der Waals surface area contributed by atoms with Crippen molar-refractivity contribution in [2.24, 2.45) is 0 Å². The second-order valence-corrected chi connectivity index (χ2v) is 5.46. The molecule has 0 bridgehead atoms. The van der Waals surface area contributed by atoms with Crippen molar-refractivity contribution in [1.82, 2.24) is 20.1 Å². The molecule has 0 saturated heterocycles. The molecule has 1 N–H and O–H groups in total. The van der Waals surface area contributed by atoms with Crippen LogP contribution in [0.1, 0.15) is 28.9 Å². The summed E-state index contributed by atoms with van der Waals surface area (Å²) in [5.41, 5.74) is 1.64. The van der Waals surface area contributed by atoms with Crippen molar-refractivity contribution in [3.8, 4) is 5.69 Å². The van der Waals surface area contributed by atoms with E-state index < -0.39 is 17.7 Å². The van der Waals surface area contributed by atoms with Crippen LogP contribution in [-0.2, 0) is 4.79 Å². The number of aromatic nitrogens is 3. The molecular weight excluding hydrogens is 323 g/mol. The molecule has 2 aromatic heterocycles. The monoisotopic (exact) mass is 338 g/mol. The lowest BCUT2D eigenvalue weighted by Crippen LogP contribution is -2.33. The third kappa shape index (κ3) is 3.77. The first kappa shape index (κ1) is 16.5. The molecule has 1 aromatic carbocycles. The van der Waals surface area contributed by atoms with E-state index >= 15 is 0 Å². The summed E-state index contributed by atoms with van der Waals surface area (Å²) in [5, 5.41) is 6.83. The Kier molecular flexibility index (Phi) is 4.65. The number of Topliss-reactive ketones (excluding diaryl/α,β-unsaturated/α-hetero) is 1. The Labute approximate surface area is 143 Å². The molecular formula is C18H15FN4O2. The van der Waals surface area contributed by atoms with Gasteiger partial charge in [-0.3, -0.25) is 14.6 Å². The number of pyridine rings is 1. The molecule has 0 aliphatic carbocycles. The second-order valence-electron chi connectivity index (χ2n) is 5.46. The summed E-state index contributed by atoms with van der Waals surface area (Å²) in [5.74, 6) is -1.69. The molecule has 1 atom stereocenters. The van der Waals surface area contributed by atoms with E-state index in [1.54, 1.807) is 42.2 Å². The van der Waals surface area contributed by atoms with Crippen molar-refractivity contribution >= 4 is 11.7 Å². The molecule has 6 nitrogen and oxygen atoms in total. The van der Waals surface area contributed by atoms with Gasteiger partial charge in [0.05, 0.1) is 17.9 Å². The van der Waals surface area contributed by atoms with Gasteiger partial charge in [-0.25, -0.2) is 9.07 Å². The Morgan fingerprint density at radius 1 is 1.16 bits per heavy atom. The molecule has 126 valence electrons. The van der Waals surface area contributed by atoms with Crippen LogP contribution in [0.15, 0.2) is 61.2 Å². The average Bonchev–Trinajstić information content (AvgIpc) is 3.12. The normalized spacial score (nSPS) is 11.8. The van der Waals surface area contributed by atoms with Crippen LogP contribution >= 0.6 is 0 Å². The third-order valence-electron chi connectivity index (χ3n) is 3.67. The van der Waals surface area contributed by atoms with Crippen molar-refractivity contribution in [1.29, 1.82) is 0 Å². The van der Waals surface area contributed by atoms with Crippen LogP contribution in [0.4, 0.5) is 4.39 Å². The molecule has 0 spiro atoms. The molecule has 0 aliphatic rings. The fraction of sp³-hybridized carbons (Fsp3) is 0.111. The zero-order valence-electron chi connectivity index (χ0n) is 13.4. The molecule has 2 heterocycles. The highest BCUT2D eigenvalue weighted by molar-refractivity contribution is 6.42. The summed E-state index contributed by atoms with van der Waals surface area (Å²) in [4.78, 5) is 28.0. The van der Waals surface area contributed by atoms with E-state index in [9.17, 15) is 14.0 Å². The van der Waals surface area contributed by atoms with Gasteiger partial charge in [-0.1, -0.05) is 0 Å². The molecule has 1 amide bonds. The van der Waals surface area contributed by atoms with Crippen LogP contribution in [0.2, 0.25) is 0 Å². The Balaban J connectivity index is 1.69. The van der Waals surface area contributed by atoms with Crippen molar-refractivity contribution in [3.63, 3.8) is 0 Å². The molecule has 0 aliphatic heterocycles. The maximum atomic E-state index is 13.0. The van der Waals surface area contributed by atoms with Crippen molar-refractivity contribution in [2.45, 2.75) is 13.0 Å².